The largest absolute Gasteiger partial charge is 0.497 e. The Morgan fingerprint density at radius 1 is 1.03 bits per heavy atom. The van der Waals surface area contributed by atoms with Gasteiger partial charge in [-0.25, -0.2) is 14.7 Å². The molecule has 1 amide bonds. The van der Waals surface area contributed by atoms with Crippen LogP contribution in [0.4, 0.5) is 11.6 Å². The van der Waals surface area contributed by atoms with Gasteiger partial charge in [0.15, 0.2) is 5.03 Å². The number of amides is 1. The van der Waals surface area contributed by atoms with Crippen molar-refractivity contribution >= 4 is 27.6 Å². The third kappa shape index (κ3) is 4.67. The van der Waals surface area contributed by atoms with Crippen LogP contribution in [-0.4, -0.2) is 43.5 Å². The molecule has 178 valence electrons. The minimum atomic E-state index is -4.22. The molecule has 1 aromatic carbocycles. The number of benzene rings is 1. The molecule has 0 unspecified atom stereocenters. The standard InChI is InChI=1S/C24H27N5O4S/c1-15-7-8-16(2)29(15)23-19(13-14-20(26-23)17-9-11-18(33-3)12-10-17)24(30)28-34(31,32)22-6-4-5-21(25)27-22/h4-6,9-16H,7-8H2,1-3H3,(H2,25,27)(H,28,30)/t15-,16+. The quantitative estimate of drug-likeness (QED) is 0.549. The van der Waals surface area contributed by atoms with E-state index in [2.05, 4.69) is 28.5 Å². The molecule has 3 N–H and O–H groups in total. The Bertz CT molecular complexity index is 1300. The minimum absolute atomic E-state index is 0.0428. The number of ether oxygens (including phenoxy) is 1. The van der Waals surface area contributed by atoms with Gasteiger partial charge < -0.3 is 15.4 Å². The molecule has 1 fully saturated rings. The van der Waals surface area contributed by atoms with E-state index in [1.165, 1.54) is 18.2 Å². The van der Waals surface area contributed by atoms with E-state index in [9.17, 15) is 13.2 Å². The maximum Gasteiger partial charge on any atom is 0.281 e. The average Bonchev–Trinajstić information content (AvgIpc) is 3.16. The second-order valence-corrected chi connectivity index (χ2v) is 9.94. The van der Waals surface area contributed by atoms with Gasteiger partial charge in [-0.2, -0.15) is 8.42 Å². The fourth-order valence-corrected chi connectivity index (χ4v) is 5.11. The van der Waals surface area contributed by atoms with Gasteiger partial charge >= 0.3 is 0 Å². The normalized spacial score (nSPS) is 18.0. The van der Waals surface area contributed by atoms with Crippen molar-refractivity contribution in [2.75, 3.05) is 17.7 Å². The number of hydrogen-bond acceptors (Lipinski definition) is 8. The summed E-state index contributed by atoms with van der Waals surface area (Å²) in [7, 11) is -2.62. The molecule has 34 heavy (non-hydrogen) atoms. The monoisotopic (exact) mass is 481 g/mol. The molecule has 0 aliphatic carbocycles. The highest BCUT2D eigenvalue weighted by Crippen LogP contribution is 2.33. The first-order valence-corrected chi connectivity index (χ1v) is 12.4. The summed E-state index contributed by atoms with van der Waals surface area (Å²) in [4.78, 5) is 23.9. The van der Waals surface area contributed by atoms with Crippen molar-refractivity contribution in [2.45, 2.75) is 43.8 Å². The van der Waals surface area contributed by atoms with Crippen molar-refractivity contribution in [3.05, 3.63) is 60.2 Å². The van der Waals surface area contributed by atoms with Gasteiger partial charge in [0.05, 0.1) is 18.4 Å². The van der Waals surface area contributed by atoms with E-state index in [1.807, 2.05) is 24.3 Å². The number of aromatic nitrogens is 2. The maximum absolute atomic E-state index is 13.2. The van der Waals surface area contributed by atoms with Gasteiger partial charge in [-0.1, -0.05) is 6.07 Å². The summed E-state index contributed by atoms with van der Waals surface area (Å²) >= 11 is 0. The van der Waals surface area contributed by atoms with E-state index < -0.39 is 15.9 Å². The highest BCUT2D eigenvalue weighted by atomic mass is 32.2. The molecule has 0 bridgehead atoms. The number of anilines is 2. The van der Waals surface area contributed by atoms with E-state index in [0.29, 0.717) is 11.5 Å². The highest BCUT2D eigenvalue weighted by molar-refractivity contribution is 7.90. The van der Waals surface area contributed by atoms with Gasteiger partial charge in [0.2, 0.25) is 0 Å². The molecule has 10 heteroatoms. The third-order valence-corrected chi connectivity index (χ3v) is 7.18. The highest BCUT2D eigenvalue weighted by Gasteiger charge is 2.33. The number of nitrogens with two attached hydrogens (primary N) is 1. The summed E-state index contributed by atoms with van der Waals surface area (Å²) in [6, 6.07) is 15.3. The van der Waals surface area contributed by atoms with Crippen molar-refractivity contribution < 1.29 is 17.9 Å². The number of nitrogens with one attached hydrogen (secondary N) is 1. The number of carbonyl (C=O) groups is 1. The Morgan fingerprint density at radius 3 is 2.32 bits per heavy atom. The Hall–Kier alpha value is -3.66. The molecule has 1 aliphatic rings. The summed E-state index contributed by atoms with van der Waals surface area (Å²) in [5, 5.41) is -0.326. The smallest absolute Gasteiger partial charge is 0.281 e. The fraction of sp³-hybridized carbons (Fsp3) is 0.292. The Morgan fingerprint density at radius 2 is 1.71 bits per heavy atom. The zero-order valence-electron chi connectivity index (χ0n) is 19.2. The minimum Gasteiger partial charge on any atom is -0.497 e. The first-order chi connectivity index (χ1) is 16.2. The first-order valence-electron chi connectivity index (χ1n) is 10.9. The molecule has 0 spiro atoms. The Labute approximate surface area is 199 Å². The van der Waals surface area contributed by atoms with E-state index in [4.69, 9.17) is 15.5 Å². The predicted molar refractivity (Wildman–Crippen MR) is 130 cm³/mol. The zero-order valence-corrected chi connectivity index (χ0v) is 20.0. The zero-order chi connectivity index (χ0) is 24.5. The van der Waals surface area contributed by atoms with Crippen molar-refractivity contribution in [2.24, 2.45) is 0 Å². The topological polar surface area (TPSA) is 128 Å². The molecule has 1 saturated heterocycles. The molecule has 0 radical (unpaired) electrons. The maximum atomic E-state index is 13.2. The van der Waals surface area contributed by atoms with Crippen LogP contribution < -0.4 is 20.1 Å². The SMILES string of the molecule is COc1ccc(-c2ccc(C(=O)NS(=O)(=O)c3cccc(N)n3)c(N3[C@H](C)CC[C@@H]3C)n2)cc1. The van der Waals surface area contributed by atoms with Crippen LogP contribution in [0.2, 0.25) is 0 Å². The van der Waals surface area contributed by atoms with Crippen molar-refractivity contribution in [3.63, 3.8) is 0 Å². The van der Waals surface area contributed by atoms with Crippen molar-refractivity contribution in [1.82, 2.24) is 14.7 Å². The van der Waals surface area contributed by atoms with Crippen molar-refractivity contribution in [3.8, 4) is 17.0 Å². The fourth-order valence-electron chi connectivity index (χ4n) is 4.17. The number of nitrogen functional groups attached to an aromatic ring is 1. The van der Waals surface area contributed by atoms with Crippen LogP contribution in [-0.2, 0) is 10.0 Å². The number of nitrogens with zero attached hydrogens (tertiary/aromatic N) is 3. The number of pyridine rings is 2. The van der Waals surface area contributed by atoms with E-state index in [0.717, 1.165) is 24.2 Å². The lowest BCUT2D eigenvalue weighted by Crippen LogP contribution is -2.37. The van der Waals surface area contributed by atoms with Gasteiger partial charge in [0.1, 0.15) is 17.4 Å². The van der Waals surface area contributed by atoms with E-state index in [-0.39, 0.29) is 28.5 Å². The van der Waals surface area contributed by atoms with Crippen molar-refractivity contribution in [1.29, 1.82) is 0 Å². The molecule has 9 nitrogen and oxygen atoms in total. The third-order valence-electron chi connectivity index (χ3n) is 5.95. The molecule has 1 aliphatic heterocycles. The van der Waals surface area contributed by atoms with Crippen LogP contribution in [0.1, 0.15) is 37.0 Å². The molecule has 2 atom stereocenters. The molecular formula is C24H27N5O4S. The van der Waals surface area contributed by atoms with Crippen LogP contribution in [0.25, 0.3) is 11.3 Å². The molecule has 3 aromatic rings. The Balaban J connectivity index is 1.74. The van der Waals surface area contributed by atoms with Crippen LogP contribution in [0.5, 0.6) is 5.75 Å². The lowest BCUT2D eigenvalue weighted by Gasteiger charge is -2.29. The Kier molecular flexibility index (Phi) is 6.43. The molecule has 2 aromatic heterocycles. The second-order valence-electron chi connectivity index (χ2n) is 8.31. The number of methoxy groups -OCH3 is 1. The van der Waals surface area contributed by atoms with Crippen LogP contribution in [0, 0.1) is 0 Å². The van der Waals surface area contributed by atoms with E-state index >= 15 is 0 Å². The summed E-state index contributed by atoms with van der Waals surface area (Å²) in [6.45, 7) is 4.14. The summed E-state index contributed by atoms with van der Waals surface area (Å²) in [6.07, 6.45) is 1.89. The number of hydrogen-bond donors (Lipinski definition) is 2. The summed E-state index contributed by atoms with van der Waals surface area (Å²) in [5.74, 6) is 0.432. The summed E-state index contributed by atoms with van der Waals surface area (Å²) < 4.78 is 32.9. The van der Waals surface area contributed by atoms with Gasteiger partial charge in [-0.15, -0.1) is 0 Å². The molecule has 0 saturated carbocycles. The van der Waals surface area contributed by atoms with Gasteiger partial charge in [0.25, 0.3) is 15.9 Å². The molecular weight excluding hydrogens is 454 g/mol. The van der Waals surface area contributed by atoms with Gasteiger partial charge in [-0.05, 0) is 75.2 Å². The van der Waals surface area contributed by atoms with Crippen LogP contribution in [0.3, 0.4) is 0 Å². The summed E-state index contributed by atoms with van der Waals surface area (Å²) in [5.41, 5.74) is 7.30. The number of rotatable bonds is 6. The van der Waals surface area contributed by atoms with Crippen LogP contribution >= 0.6 is 0 Å². The number of carbonyl (C=O) groups excluding carboxylic acids is 1. The van der Waals surface area contributed by atoms with Crippen LogP contribution in [0.15, 0.2) is 59.6 Å². The molecule has 4 rings (SSSR count). The van der Waals surface area contributed by atoms with E-state index in [1.54, 1.807) is 19.2 Å². The second kappa shape index (κ2) is 9.30. The first kappa shape index (κ1) is 23.5. The lowest BCUT2D eigenvalue weighted by molar-refractivity contribution is 0.0981. The number of sulfonamides is 1. The lowest BCUT2D eigenvalue weighted by atomic mass is 10.1. The van der Waals surface area contributed by atoms with Gasteiger partial charge in [0, 0.05) is 17.6 Å². The van der Waals surface area contributed by atoms with Gasteiger partial charge in [-0.3, -0.25) is 4.79 Å². The molecule has 3 heterocycles. The predicted octanol–water partition coefficient (Wildman–Crippen LogP) is 3.23. The average molecular weight is 482 g/mol.